The summed E-state index contributed by atoms with van der Waals surface area (Å²) in [6.07, 6.45) is 1.58. The molecule has 0 unspecified atom stereocenters. The highest BCUT2D eigenvalue weighted by molar-refractivity contribution is 5.96. The second-order valence-electron chi connectivity index (χ2n) is 4.16. The van der Waals surface area contributed by atoms with Crippen molar-refractivity contribution in [2.24, 2.45) is 0 Å². The fourth-order valence-electron chi connectivity index (χ4n) is 1.63. The molecular formula is C15H20O4. The minimum Gasteiger partial charge on any atom is -0.466 e. The summed E-state index contributed by atoms with van der Waals surface area (Å²) in [5, 5.41) is 0. The van der Waals surface area contributed by atoms with Gasteiger partial charge in [-0.05, 0) is 25.3 Å². The molecule has 0 aliphatic rings. The molecule has 1 rings (SSSR count). The number of ketones is 1. The molecular weight excluding hydrogens is 244 g/mol. The van der Waals surface area contributed by atoms with Crippen molar-refractivity contribution in [2.45, 2.75) is 26.2 Å². The number of Topliss-reactive ketones (excluding diaryl/α,β-unsaturated/α-hetero) is 1. The second kappa shape index (κ2) is 9.28. The summed E-state index contributed by atoms with van der Waals surface area (Å²) in [7, 11) is 0. The lowest BCUT2D eigenvalue weighted by Crippen LogP contribution is -2.16. The van der Waals surface area contributed by atoms with E-state index in [9.17, 15) is 9.59 Å². The summed E-state index contributed by atoms with van der Waals surface area (Å²) in [6, 6.07) is 10.1. The number of ether oxygens (including phenoxy) is 2. The number of esters is 1. The number of hydrogen-bond donors (Lipinski definition) is 0. The predicted octanol–water partition coefficient (Wildman–Crippen LogP) is 2.16. The molecule has 0 saturated heterocycles. The summed E-state index contributed by atoms with van der Waals surface area (Å²) < 4.78 is 9.92. The third-order valence-electron chi connectivity index (χ3n) is 2.51. The smallest absolute Gasteiger partial charge is 0.313 e. The number of carbonyl (C=O) groups is 2. The van der Waals surface area contributed by atoms with Crippen LogP contribution < -0.4 is 0 Å². The predicted molar refractivity (Wildman–Crippen MR) is 71.8 cm³/mol. The highest BCUT2D eigenvalue weighted by Gasteiger charge is 2.09. The van der Waals surface area contributed by atoms with Crippen LogP contribution in [0.1, 0.15) is 25.3 Å². The fraction of sp³-hybridized carbons (Fsp3) is 0.467. The zero-order valence-corrected chi connectivity index (χ0v) is 11.3. The van der Waals surface area contributed by atoms with Gasteiger partial charge in [0.15, 0.2) is 5.78 Å². The third-order valence-corrected chi connectivity index (χ3v) is 2.51. The summed E-state index contributed by atoms with van der Waals surface area (Å²) in [5.74, 6) is -0.724. The standard InChI is InChI=1S/C15H20O4/c1-2-19-15(17)11-14(16)12-18-10-6-9-13-7-4-3-5-8-13/h3-5,7-8H,2,6,9-12H2,1H3. The van der Waals surface area contributed by atoms with Crippen molar-refractivity contribution >= 4 is 11.8 Å². The van der Waals surface area contributed by atoms with Crippen molar-refractivity contribution in [2.75, 3.05) is 19.8 Å². The maximum Gasteiger partial charge on any atom is 0.313 e. The second-order valence-corrected chi connectivity index (χ2v) is 4.16. The van der Waals surface area contributed by atoms with Crippen molar-refractivity contribution in [1.29, 1.82) is 0 Å². The number of aryl methyl sites for hydroxylation is 1. The Morgan fingerprint density at radius 1 is 1.16 bits per heavy atom. The Labute approximate surface area is 113 Å². The van der Waals surface area contributed by atoms with Crippen LogP contribution in [0.15, 0.2) is 30.3 Å². The van der Waals surface area contributed by atoms with E-state index in [1.54, 1.807) is 6.92 Å². The average molecular weight is 264 g/mol. The quantitative estimate of drug-likeness (QED) is 0.389. The van der Waals surface area contributed by atoms with Gasteiger partial charge in [-0.3, -0.25) is 9.59 Å². The van der Waals surface area contributed by atoms with Crippen molar-refractivity contribution in [3.05, 3.63) is 35.9 Å². The molecule has 0 amide bonds. The molecule has 0 bridgehead atoms. The Balaban J connectivity index is 2.04. The highest BCUT2D eigenvalue weighted by Crippen LogP contribution is 2.02. The lowest BCUT2D eigenvalue weighted by Gasteiger charge is -2.04. The molecule has 1 aromatic rings. The van der Waals surface area contributed by atoms with Crippen LogP contribution in [0.3, 0.4) is 0 Å². The molecule has 4 heteroatoms. The average Bonchev–Trinajstić information content (AvgIpc) is 2.39. The third kappa shape index (κ3) is 7.36. The first-order chi connectivity index (χ1) is 9.22. The van der Waals surface area contributed by atoms with Crippen LogP contribution in [0.5, 0.6) is 0 Å². The van der Waals surface area contributed by atoms with Crippen molar-refractivity contribution in [3.8, 4) is 0 Å². The van der Waals surface area contributed by atoms with Gasteiger partial charge in [0.2, 0.25) is 0 Å². The van der Waals surface area contributed by atoms with Gasteiger partial charge in [-0.15, -0.1) is 0 Å². The van der Waals surface area contributed by atoms with Gasteiger partial charge in [-0.2, -0.15) is 0 Å². The van der Waals surface area contributed by atoms with Crippen LogP contribution in [0, 0.1) is 0 Å². The molecule has 0 atom stereocenters. The SMILES string of the molecule is CCOC(=O)CC(=O)COCCCc1ccccc1. The lowest BCUT2D eigenvalue weighted by molar-refractivity contribution is -0.146. The zero-order chi connectivity index (χ0) is 13.9. The summed E-state index contributed by atoms with van der Waals surface area (Å²) in [4.78, 5) is 22.4. The van der Waals surface area contributed by atoms with Crippen molar-refractivity contribution < 1.29 is 19.1 Å². The zero-order valence-electron chi connectivity index (χ0n) is 11.3. The number of hydrogen-bond acceptors (Lipinski definition) is 4. The molecule has 104 valence electrons. The molecule has 4 nitrogen and oxygen atoms in total. The van der Waals surface area contributed by atoms with Gasteiger partial charge in [0.1, 0.15) is 13.0 Å². The van der Waals surface area contributed by atoms with E-state index in [1.807, 2.05) is 18.2 Å². The van der Waals surface area contributed by atoms with Crippen LogP contribution in [0.2, 0.25) is 0 Å². The summed E-state index contributed by atoms with van der Waals surface area (Å²) >= 11 is 0. The van der Waals surface area contributed by atoms with E-state index >= 15 is 0 Å². The molecule has 0 aliphatic heterocycles. The van der Waals surface area contributed by atoms with Crippen LogP contribution in [0.25, 0.3) is 0 Å². The van der Waals surface area contributed by atoms with E-state index in [1.165, 1.54) is 5.56 Å². The number of benzene rings is 1. The molecule has 0 radical (unpaired) electrons. The number of rotatable bonds is 9. The monoisotopic (exact) mass is 264 g/mol. The van der Waals surface area contributed by atoms with E-state index in [0.29, 0.717) is 13.2 Å². The Bertz CT molecular complexity index is 386. The van der Waals surface area contributed by atoms with E-state index in [4.69, 9.17) is 4.74 Å². The van der Waals surface area contributed by atoms with Gasteiger partial charge < -0.3 is 9.47 Å². The molecule has 0 saturated carbocycles. The maximum atomic E-state index is 11.3. The maximum absolute atomic E-state index is 11.3. The Hall–Kier alpha value is -1.68. The van der Waals surface area contributed by atoms with E-state index in [0.717, 1.165) is 12.8 Å². The van der Waals surface area contributed by atoms with Gasteiger partial charge in [-0.1, -0.05) is 30.3 Å². The minimum atomic E-state index is -0.486. The summed E-state index contributed by atoms with van der Waals surface area (Å²) in [6.45, 7) is 2.50. The van der Waals surface area contributed by atoms with Gasteiger partial charge in [0.05, 0.1) is 6.61 Å². The summed E-state index contributed by atoms with van der Waals surface area (Å²) in [5.41, 5.74) is 1.25. The Kier molecular flexibility index (Phi) is 7.51. The molecule has 19 heavy (non-hydrogen) atoms. The molecule has 0 spiro atoms. The van der Waals surface area contributed by atoms with Gasteiger partial charge >= 0.3 is 5.97 Å². The topological polar surface area (TPSA) is 52.6 Å². The first-order valence-electron chi connectivity index (χ1n) is 6.51. The minimum absolute atomic E-state index is 0.0202. The van der Waals surface area contributed by atoms with Gasteiger partial charge in [-0.25, -0.2) is 0 Å². The van der Waals surface area contributed by atoms with Crippen LogP contribution in [-0.2, 0) is 25.5 Å². The Morgan fingerprint density at radius 2 is 1.89 bits per heavy atom. The first-order valence-corrected chi connectivity index (χ1v) is 6.51. The molecule has 0 aromatic heterocycles. The molecule has 0 fully saturated rings. The molecule has 0 N–H and O–H groups in total. The van der Waals surface area contributed by atoms with Gasteiger partial charge in [0.25, 0.3) is 0 Å². The van der Waals surface area contributed by atoms with Crippen molar-refractivity contribution in [3.63, 3.8) is 0 Å². The Morgan fingerprint density at radius 3 is 2.58 bits per heavy atom. The van der Waals surface area contributed by atoms with E-state index < -0.39 is 5.97 Å². The number of carbonyl (C=O) groups excluding carboxylic acids is 2. The van der Waals surface area contributed by atoms with Gasteiger partial charge in [0, 0.05) is 6.61 Å². The first kappa shape index (κ1) is 15.4. The van der Waals surface area contributed by atoms with Crippen LogP contribution in [0.4, 0.5) is 0 Å². The molecule has 0 heterocycles. The normalized spacial score (nSPS) is 10.2. The van der Waals surface area contributed by atoms with Crippen LogP contribution in [-0.4, -0.2) is 31.6 Å². The lowest BCUT2D eigenvalue weighted by atomic mass is 10.1. The van der Waals surface area contributed by atoms with E-state index in [2.05, 4.69) is 16.9 Å². The van der Waals surface area contributed by atoms with Crippen LogP contribution >= 0.6 is 0 Å². The largest absolute Gasteiger partial charge is 0.466 e. The molecule has 1 aromatic carbocycles. The highest BCUT2D eigenvalue weighted by atomic mass is 16.5. The molecule has 0 aliphatic carbocycles. The van der Waals surface area contributed by atoms with E-state index in [-0.39, 0.29) is 18.8 Å². The van der Waals surface area contributed by atoms with Crippen molar-refractivity contribution in [1.82, 2.24) is 0 Å². The fourth-order valence-corrected chi connectivity index (χ4v) is 1.63.